The first-order chi connectivity index (χ1) is 8.88. The van der Waals surface area contributed by atoms with Crippen LogP contribution in [0.2, 0.25) is 0 Å². The van der Waals surface area contributed by atoms with Crippen molar-refractivity contribution in [2.75, 3.05) is 20.8 Å². The normalized spacial score (nSPS) is 18.6. The van der Waals surface area contributed by atoms with Crippen LogP contribution >= 0.6 is 0 Å². The number of methoxy groups -OCH3 is 2. The van der Waals surface area contributed by atoms with Gasteiger partial charge in [-0.3, -0.25) is 4.79 Å². The van der Waals surface area contributed by atoms with Crippen LogP contribution in [0.1, 0.15) is 21.7 Å². The van der Waals surface area contributed by atoms with E-state index in [1.165, 1.54) is 26.4 Å². The third-order valence-corrected chi connectivity index (χ3v) is 3.14. The summed E-state index contributed by atoms with van der Waals surface area (Å²) in [5.41, 5.74) is -0.0815. The van der Waals surface area contributed by atoms with Gasteiger partial charge in [-0.05, 0) is 17.9 Å². The lowest BCUT2D eigenvalue weighted by molar-refractivity contribution is 0.0942. The standard InChI is InChI=1S/C11H12BF3NO3/c1-18-9-3-6-7(4-10(9)19-2)11(17)16-5-8(6)12(13,14)15/h3-4,8H,5H2,1-2H3,(H,16,17)/q-1. The topological polar surface area (TPSA) is 47.6 Å². The number of carbonyl (C=O) groups excluding carboxylic acids is 1. The largest absolute Gasteiger partial charge is 0.493 e. The molecule has 8 heteroatoms. The Morgan fingerprint density at radius 2 is 1.79 bits per heavy atom. The van der Waals surface area contributed by atoms with Crippen LogP contribution in [0.5, 0.6) is 11.5 Å². The quantitative estimate of drug-likeness (QED) is 0.856. The number of carbonyl (C=O) groups is 1. The monoisotopic (exact) mass is 274 g/mol. The fraction of sp³-hybridized carbons (Fsp3) is 0.364. The maximum Gasteiger partial charge on any atom is 0.487 e. The highest BCUT2D eigenvalue weighted by Crippen LogP contribution is 2.40. The number of benzene rings is 1. The molecule has 1 atom stereocenters. The van der Waals surface area contributed by atoms with Crippen molar-refractivity contribution in [2.24, 2.45) is 0 Å². The highest BCUT2D eigenvalue weighted by Gasteiger charge is 2.41. The Balaban J connectivity index is 2.60. The molecule has 0 aliphatic carbocycles. The molecule has 1 aliphatic rings. The lowest BCUT2D eigenvalue weighted by Crippen LogP contribution is -2.43. The minimum absolute atomic E-state index is 0.0203. The molecule has 104 valence electrons. The smallest absolute Gasteiger partial charge is 0.487 e. The Bertz CT molecular complexity index is 519. The van der Waals surface area contributed by atoms with Gasteiger partial charge in [0.25, 0.3) is 5.91 Å². The number of hydrogen-bond donors (Lipinski definition) is 1. The Morgan fingerprint density at radius 1 is 1.21 bits per heavy atom. The Kier molecular flexibility index (Phi) is 3.34. The summed E-state index contributed by atoms with van der Waals surface area (Å²) in [5, 5.41) is 2.24. The molecule has 1 aromatic carbocycles. The van der Waals surface area contributed by atoms with Gasteiger partial charge in [0.2, 0.25) is 0 Å². The zero-order valence-electron chi connectivity index (χ0n) is 10.4. The van der Waals surface area contributed by atoms with Crippen molar-refractivity contribution in [1.29, 1.82) is 0 Å². The van der Waals surface area contributed by atoms with Crippen LogP contribution in [-0.4, -0.2) is 33.6 Å². The van der Waals surface area contributed by atoms with Gasteiger partial charge >= 0.3 is 6.98 Å². The molecule has 1 heterocycles. The lowest BCUT2D eigenvalue weighted by Gasteiger charge is -2.33. The van der Waals surface area contributed by atoms with Gasteiger partial charge in [0.05, 0.1) is 14.2 Å². The van der Waals surface area contributed by atoms with Crippen molar-refractivity contribution in [1.82, 2.24) is 5.32 Å². The van der Waals surface area contributed by atoms with Crippen molar-refractivity contribution >= 4 is 12.9 Å². The first-order valence-corrected chi connectivity index (χ1v) is 5.62. The second-order valence-electron chi connectivity index (χ2n) is 4.24. The summed E-state index contributed by atoms with van der Waals surface area (Å²) in [6.07, 6.45) is 0. The summed E-state index contributed by atoms with van der Waals surface area (Å²) in [6.45, 7) is -5.54. The van der Waals surface area contributed by atoms with E-state index < -0.39 is 25.2 Å². The molecule has 0 fully saturated rings. The second kappa shape index (κ2) is 4.67. The van der Waals surface area contributed by atoms with Gasteiger partial charge in [0.1, 0.15) is 0 Å². The van der Waals surface area contributed by atoms with Crippen LogP contribution in [0.25, 0.3) is 0 Å². The van der Waals surface area contributed by atoms with Crippen LogP contribution < -0.4 is 14.8 Å². The van der Waals surface area contributed by atoms with E-state index in [0.717, 1.165) is 0 Å². The second-order valence-corrected chi connectivity index (χ2v) is 4.24. The summed E-state index contributed by atoms with van der Waals surface area (Å²) in [6, 6.07) is 2.50. The maximum atomic E-state index is 13.0. The van der Waals surface area contributed by atoms with Gasteiger partial charge in [-0.25, -0.2) is 0 Å². The molecule has 1 aliphatic heterocycles. The van der Waals surface area contributed by atoms with E-state index in [-0.39, 0.29) is 22.6 Å². The molecule has 0 saturated carbocycles. The first kappa shape index (κ1) is 13.6. The van der Waals surface area contributed by atoms with Crippen LogP contribution in [0.15, 0.2) is 12.1 Å². The summed E-state index contributed by atoms with van der Waals surface area (Å²) in [7, 11) is 2.69. The number of halogens is 3. The molecule has 0 saturated heterocycles. The third kappa shape index (κ3) is 2.34. The average Bonchev–Trinajstić information content (AvgIpc) is 2.36. The summed E-state index contributed by atoms with van der Waals surface area (Å²) < 4.78 is 49.0. The van der Waals surface area contributed by atoms with Crippen LogP contribution in [-0.2, 0) is 0 Å². The molecule has 0 spiro atoms. The van der Waals surface area contributed by atoms with Crippen molar-refractivity contribution in [2.45, 2.75) is 5.82 Å². The molecule has 4 nitrogen and oxygen atoms in total. The minimum Gasteiger partial charge on any atom is -0.493 e. The molecule has 1 aromatic rings. The summed E-state index contributed by atoms with van der Waals surface area (Å²) >= 11 is 0. The number of amides is 1. The molecule has 1 unspecified atom stereocenters. The minimum atomic E-state index is -5.10. The number of nitrogens with one attached hydrogen (secondary N) is 1. The van der Waals surface area contributed by atoms with Gasteiger partial charge in [0, 0.05) is 12.1 Å². The highest BCUT2D eigenvalue weighted by atomic mass is 19.4. The van der Waals surface area contributed by atoms with Crippen LogP contribution in [0.4, 0.5) is 12.9 Å². The zero-order valence-corrected chi connectivity index (χ0v) is 10.4. The highest BCUT2D eigenvalue weighted by molar-refractivity contribution is 6.60. The molecular weight excluding hydrogens is 262 g/mol. The number of rotatable bonds is 3. The van der Waals surface area contributed by atoms with E-state index in [9.17, 15) is 17.7 Å². The molecule has 0 bridgehead atoms. The molecular formula is C11H12BF3NO3-. The Morgan fingerprint density at radius 3 is 2.32 bits per heavy atom. The van der Waals surface area contributed by atoms with Crippen LogP contribution in [0, 0.1) is 0 Å². The molecule has 1 N–H and O–H groups in total. The molecule has 0 aromatic heterocycles. The van der Waals surface area contributed by atoms with Crippen molar-refractivity contribution < 1.29 is 27.2 Å². The average molecular weight is 274 g/mol. The Labute approximate surface area is 107 Å². The van der Waals surface area contributed by atoms with Gasteiger partial charge in [-0.15, -0.1) is 0 Å². The molecule has 19 heavy (non-hydrogen) atoms. The number of hydrogen-bond acceptors (Lipinski definition) is 3. The van der Waals surface area contributed by atoms with Crippen molar-refractivity contribution in [3.63, 3.8) is 0 Å². The van der Waals surface area contributed by atoms with E-state index in [2.05, 4.69) is 5.32 Å². The van der Waals surface area contributed by atoms with Crippen molar-refractivity contribution in [3.8, 4) is 11.5 Å². The van der Waals surface area contributed by atoms with Gasteiger partial charge in [-0.1, -0.05) is 5.56 Å². The first-order valence-electron chi connectivity index (χ1n) is 5.62. The maximum absolute atomic E-state index is 13.0. The van der Waals surface area contributed by atoms with Gasteiger partial charge in [-0.2, -0.15) is 0 Å². The van der Waals surface area contributed by atoms with Gasteiger partial charge in [0.15, 0.2) is 11.5 Å². The summed E-state index contributed by atoms with van der Waals surface area (Å²) in [4.78, 5) is 11.7. The zero-order chi connectivity index (χ0) is 14.2. The van der Waals surface area contributed by atoms with Crippen molar-refractivity contribution in [3.05, 3.63) is 23.3 Å². The number of fused-ring (bicyclic) bond motifs is 1. The molecule has 0 radical (unpaired) electrons. The fourth-order valence-corrected chi connectivity index (χ4v) is 2.14. The SMILES string of the molecule is COc1cc2c(cc1OC)C([B-](F)(F)F)CNC2=O. The molecule has 1 amide bonds. The van der Waals surface area contributed by atoms with Crippen LogP contribution in [0.3, 0.4) is 0 Å². The van der Waals surface area contributed by atoms with E-state index in [0.29, 0.717) is 0 Å². The Hall–Kier alpha value is -1.86. The van der Waals surface area contributed by atoms with E-state index >= 15 is 0 Å². The lowest BCUT2D eigenvalue weighted by atomic mass is 9.66. The van der Waals surface area contributed by atoms with E-state index in [1.54, 1.807) is 0 Å². The molecule has 2 rings (SSSR count). The van der Waals surface area contributed by atoms with E-state index in [1.807, 2.05) is 0 Å². The summed E-state index contributed by atoms with van der Waals surface area (Å²) in [5.74, 6) is -1.80. The van der Waals surface area contributed by atoms with Gasteiger partial charge < -0.3 is 27.7 Å². The predicted molar refractivity (Wildman–Crippen MR) is 63.7 cm³/mol. The fourth-order valence-electron chi connectivity index (χ4n) is 2.14. The third-order valence-electron chi connectivity index (χ3n) is 3.14. The van der Waals surface area contributed by atoms with E-state index in [4.69, 9.17) is 9.47 Å². The number of ether oxygens (including phenoxy) is 2. The predicted octanol–water partition coefficient (Wildman–Crippen LogP) is 1.92.